The van der Waals surface area contributed by atoms with Crippen LogP contribution < -0.4 is 4.90 Å². The molecule has 0 unspecified atom stereocenters. The predicted molar refractivity (Wildman–Crippen MR) is 147 cm³/mol. The Morgan fingerprint density at radius 3 is 2.71 bits per heavy atom. The fraction of sp³-hybridized carbons (Fsp3) is 0.759. The van der Waals surface area contributed by atoms with Gasteiger partial charge in [-0.2, -0.15) is 4.98 Å². The summed E-state index contributed by atoms with van der Waals surface area (Å²) in [6, 6.07) is 0. The normalized spacial score (nSPS) is 40.8. The minimum absolute atomic E-state index is 0.0466. The van der Waals surface area contributed by atoms with E-state index in [1.165, 1.54) is 18.1 Å². The van der Waals surface area contributed by atoms with Gasteiger partial charge in [0.25, 0.3) is 0 Å². The molecule has 3 aliphatic carbocycles. The van der Waals surface area contributed by atoms with Crippen LogP contribution in [0.4, 0.5) is 5.95 Å². The van der Waals surface area contributed by atoms with Crippen molar-refractivity contribution in [1.82, 2.24) is 15.0 Å². The molecule has 0 spiro atoms. The number of Topliss-reactive ketones (excluding diaryl/α,β-unsaturated/α-hetero) is 1. The van der Waals surface area contributed by atoms with Crippen molar-refractivity contribution in [3.05, 3.63) is 19.0 Å². The Kier molecular flexibility index (Phi) is 7.39. The molecule has 4 fully saturated rings. The maximum Gasteiger partial charge on any atom is 0.316 e. The van der Waals surface area contributed by atoms with Gasteiger partial charge in [-0.3, -0.25) is 9.59 Å². The Balaban J connectivity index is 1.40. The summed E-state index contributed by atoms with van der Waals surface area (Å²) < 4.78 is 6.32. The number of anilines is 1. The number of rotatable bonds is 6. The second-order valence-corrected chi connectivity index (χ2v) is 13.6. The van der Waals surface area contributed by atoms with E-state index in [0.29, 0.717) is 23.9 Å². The van der Waals surface area contributed by atoms with Crippen LogP contribution in [-0.4, -0.2) is 62.9 Å². The molecular formula is C29H42N4O4S. The Labute approximate surface area is 230 Å². The van der Waals surface area contributed by atoms with Gasteiger partial charge in [0.15, 0.2) is 5.16 Å². The lowest BCUT2D eigenvalue weighted by molar-refractivity contribution is -0.205. The highest BCUT2D eigenvalue weighted by Gasteiger charge is 2.68. The molecule has 1 saturated heterocycles. The van der Waals surface area contributed by atoms with E-state index in [0.717, 1.165) is 45.2 Å². The van der Waals surface area contributed by atoms with Gasteiger partial charge in [-0.15, -0.1) is 6.58 Å². The van der Waals surface area contributed by atoms with Crippen LogP contribution in [0.2, 0.25) is 0 Å². The summed E-state index contributed by atoms with van der Waals surface area (Å²) >= 11 is 1.25. The van der Waals surface area contributed by atoms with Crippen LogP contribution in [0.5, 0.6) is 0 Å². The van der Waals surface area contributed by atoms with Crippen molar-refractivity contribution in [2.24, 2.45) is 34.0 Å². The van der Waals surface area contributed by atoms with E-state index >= 15 is 0 Å². The van der Waals surface area contributed by atoms with Crippen LogP contribution in [0, 0.1) is 34.0 Å². The maximum absolute atomic E-state index is 13.5. The number of thioether (sulfide) groups is 1. The second-order valence-electron chi connectivity index (χ2n) is 12.6. The third-order valence-corrected chi connectivity index (χ3v) is 11.7. The van der Waals surface area contributed by atoms with Gasteiger partial charge in [0.2, 0.25) is 5.95 Å². The maximum atomic E-state index is 13.5. The van der Waals surface area contributed by atoms with E-state index in [4.69, 9.17) is 4.74 Å². The highest BCUT2D eigenvalue weighted by atomic mass is 32.2. The minimum Gasteiger partial charge on any atom is -0.461 e. The van der Waals surface area contributed by atoms with Crippen LogP contribution in [0.15, 0.2) is 24.1 Å². The highest BCUT2D eigenvalue weighted by Crippen LogP contribution is 2.68. The number of hydrogen-bond donors (Lipinski definition) is 1. The molecule has 0 amide bonds. The molecule has 38 heavy (non-hydrogen) atoms. The monoisotopic (exact) mass is 542 g/mol. The lowest BCUT2D eigenvalue weighted by Crippen LogP contribution is -2.63. The van der Waals surface area contributed by atoms with Gasteiger partial charge in [-0.25, -0.2) is 9.97 Å². The molecule has 8 atom stereocenters. The average molecular weight is 543 g/mol. The van der Waals surface area contributed by atoms with E-state index < -0.39 is 23.0 Å². The zero-order valence-corrected chi connectivity index (χ0v) is 24.0. The van der Waals surface area contributed by atoms with E-state index in [9.17, 15) is 14.7 Å². The zero-order chi connectivity index (χ0) is 27.3. The van der Waals surface area contributed by atoms with Gasteiger partial charge in [0.05, 0.1) is 11.9 Å². The summed E-state index contributed by atoms with van der Waals surface area (Å²) in [5, 5.41) is 12.2. The van der Waals surface area contributed by atoms with Crippen LogP contribution in [-0.2, 0) is 14.3 Å². The Morgan fingerprint density at radius 2 is 2.00 bits per heavy atom. The number of aliphatic hydroxyl groups is 1. The first-order valence-electron chi connectivity index (χ1n) is 14.2. The lowest BCUT2D eigenvalue weighted by atomic mass is 9.44. The molecule has 0 aromatic carbocycles. The van der Waals surface area contributed by atoms with E-state index in [1.54, 1.807) is 0 Å². The predicted octanol–water partition coefficient (Wildman–Crippen LogP) is 4.47. The first-order chi connectivity index (χ1) is 18.0. The molecule has 5 rings (SSSR count). The number of aliphatic hydroxyl groups excluding tert-OH is 1. The zero-order valence-electron chi connectivity index (χ0n) is 23.2. The first kappa shape index (κ1) is 27.6. The summed E-state index contributed by atoms with van der Waals surface area (Å²) in [6.45, 7) is 14.4. The highest BCUT2D eigenvalue weighted by molar-refractivity contribution is 7.99. The largest absolute Gasteiger partial charge is 0.461 e. The Bertz CT molecular complexity index is 1100. The quantitative estimate of drug-likeness (QED) is 0.317. The van der Waals surface area contributed by atoms with Crippen molar-refractivity contribution in [3.63, 3.8) is 0 Å². The average Bonchev–Trinajstić information content (AvgIpc) is 3.57. The number of hydrogen-bond acceptors (Lipinski definition) is 9. The first-order valence-corrected chi connectivity index (χ1v) is 15.1. The fourth-order valence-electron chi connectivity index (χ4n) is 8.23. The van der Waals surface area contributed by atoms with Gasteiger partial charge < -0.3 is 14.7 Å². The summed E-state index contributed by atoms with van der Waals surface area (Å²) in [5.74, 6) is 0.555. The lowest BCUT2D eigenvalue weighted by Gasteiger charge is -2.61. The molecule has 8 nitrogen and oxygen atoms in total. The fourth-order valence-corrected chi connectivity index (χ4v) is 8.81. The summed E-state index contributed by atoms with van der Waals surface area (Å²) in [6.07, 6.45) is 8.02. The smallest absolute Gasteiger partial charge is 0.316 e. The standard InChI is InChI=1S/C29H42N4O4S/c1-6-27(4)15-21(37-22(35)16-38-26-31-17-30-25(32-26)33-13-7-8-14-33)28(5)18(2)9-11-29(19(3)24(27)36)12-10-20(34)23(28)29/h6,17-19,21,23-24,36H,1,7-16H2,2-5H3/t18-,19+,21-,23+,24+,27-,28+,29+/m1/s1. The van der Waals surface area contributed by atoms with E-state index in [2.05, 4.69) is 47.2 Å². The Morgan fingerprint density at radius 1 is 1.26 bits per heavy atom. The molecule has 208 valence electrons. The third kappa shape index (κ3) is 4.37. The van der Waals surface area contributed by atoms with Crippen molar-refractivity contribution < 1.29 is 19.4 Å². The molecule has 2 bridgehead atoms. The number of nitrogens with zero attached hydrogens (tertiary/aromatic N) is 4. The van der Waals surface area contributed by atoms with Crippen molar-refractivity contribution >= 4 is 29.5 Å². The van der Waals surface area contributed by atoms with Crippen LogP contribution >= 0.6 is 11.8 Å². The number of carbonyl (C=O) groups is 2. The molecule has 9 heteroatoms. The van der Waals surface area contributed by atoms with Crippen molar-refractivity contribution in [1.29, 1.82) is 0 Å². The topological polar surface area (TPSA) is 106 Å². The number of aromatic nitrogens is 3. The second kappa shape index (κ2) is 10.2. The number of esters is 1. The summed E-state index contributed by atoms with van der Waals surface area (Å²) in [5.41, 5.74) is -1.43. The Hall–Kier alpha value is -2.00. The summed E-state index contributed by atoms with van der Waals surface area (Å²) in [7, 11) is 0. The van der Waals surface area contributed by atoms with Crippen LogP contribution in [0.25, 0.3) is 0 Å². The number of ether oxygens (including phenoxy) is 1. The summed E-state index contributed by atoms with van der Waals surface area (Å²) in [4.78, 5) is 42.1. The molecule has 4 aliphatic rings. The molecule has 0 radical (unpaired) electrons. The van der Waals surface area contributed by atoms with Crippen LogP contribution in [0.1, 0.15) is 72.6 Å². The molecule has 3 saturated carbocycles. The van der Waals surface area contributed by atoms with Gasteiger partial charge in [-0.05, 0) is 55.8 Å². The number of carbonyl (C=O) groups excluding carboxylic acids is 2. The molecule has 1 aromatic rings. The molecule has 1 aromatic heterocycles. The number of ketones is 1. The van der Waals surface area contributed by atoms with Crippen LogP contribution in [0.3, 0.4) is 0 Å². The van der Waals surface area contributed by atoms with Crippen molar-refractivity contribution in [3.8, 4) is 0 Å². The van der Waals surface area contributed by atoms with Crippen molar-refractivity contribution in [2.45, 2.75) is 90.0 Å². The molecule has 1 N–H and O–H groups in total. The van der Waals surface area contributed by atoms with Gasteiger partial charge in [-0.1, -0.05) is 45.5 Å². The third-order valence-electron chi connectivity index (χ3n) is 10.8. The van der Waals surface area contributed by atoms with Gasteiger partial charge in [0, 0.05) is 36.3 Å². The van der Waals surface area contributed by atoms with E-state index in [-0.39, 0.29) is 40.7 Å². The molecular weight excluding hydrogens is 500 g/mol. The molecule has 2 heterocycles. The minimum atomic E-state index is -0.670. The SMILES string of the molecule is C=C[C@]1(C)C[C@@H](OC(=O)CSc2ncnc(N3CCCC3)n2)[C@]2(C)[C@H](C)CC[C@]3(CCC(=O)[C@H]32)[C@@H](C)[C@@H]1O. The van der Waals surface area contributed by atoms with Crippen molar-refractivity contribution in [2.75, 3.05) is 23.7 Å². The van der Waals surface area contributed by atoms with E-state index in [1.807, 2.05) is 13.0 Å². The van der Waals surface area contributed by atoms with Gasteiger partial charge in [0.1, 0.15) is 18.2 Å². The molecule has 1 aliphatic heterocycles. The van der Waals surface area contributed by atoms with Gasteiger partial charge >= 0.3 is 5.97 Å².